The van der Waals surface area contributed by atoms with Crippen LogP contribution >= 0.6 is 0 Å². The third kappa shape index (κ3) is 3.76. The normalized spacial score (nSPS) is 10.0. The predicted octanol–water partition coefficient (Wildman–Crippen LogP) is 2.28. The van der Waals surface area contributed by atoms with Crippen molar-refractivity contribution in [3.8, 4) is 11.5 Å². The Morgan fingerprint density at radius 3 is 2.41 bits per heavy atom. The van der Waals surface area contributed by atoms with Gasteiger partial charge in [0.1, 0.15) is 11.5 Å². The van der Waals surface area contributed by atoms with Crippen LogP contribution in [0.15, 0.2) is 42.5 Å². The van der Waals surface area contributed by atoms with E-state index in [9.17, 15) is 14.7 Å². The van der Waals surface area contributed by atoms with Crippen molar-refractivity contribution in [2.24, 2.45) is 0 Å². The van der Waals surface area contributed by atoms with Gasteiger partial charge < -0.3 is 20.3 Å². The largest absolute Gasteiger partial charge is 0.506 e. The molecule has 0 saturated carbocycles. The van der Waals surface area contributed by atoms with Crippen LogP contribution in [0, 0.1) is 0 Å². The lowest BCUT2D eigenvalue weighted by Gasteiger charge is -2.08. The molecule has 0 aromatic heterocycles. The van der Waals surface area contributed by atoms with Gasteiger partial charge in [0.2, 0.25) is 5.91 Å². The molecule has 0 aliphatic carbocycles. The number of benzene rings is 2. The van der Waals surface area contributed by atoms with Gasteiger partial charge in [-0.15, -0.1) is 0 Å². The van der Waals surface area contributed by atoms with Gasteiger partial charge in [-0.1, -0.05) is 12.1 Å². The minimum Gasteiger partial charge on any atom is -0.506 e. The first-order valence-electron chi connectivity index (χ1n) is 6.48. The topological polar surface area (TPSA) is 95.9 Å². The summed E-state index contributed by atoms with van der Waals surface area (Å²) in [5.41, 5.74) is 0.822. The highest BCUT2D eigenvalue weighted by atomic mass is 16.5. The third-order valence-electron chi connectivity index (χ3n) is 3.04. The predicted molar refractivity (Wildman–Crippen MR) is 80.4 cm³/mol. The van der Waals surface area contributed by atoms with Crippen molar-refractivity contribution in [2.45, 2.75) is 6.42 Å². The zero-order valence-electron chi connectivity index (χ0n) is 11.9. The molecule has 2 rings (SSSR count). The maximum absolute atomic E-state index is 12.0. The molecule has 6 nitrogen and oxygen atoms in total. The van der Waals surface area contributed by atoms with Gasteiger partial charge in [0.15, 0.2) is 0 Å². The van der Waals surface area contributed by atoms with E-state index in [2.05, 4.69) is 5.32 Å². The number of carbonyl (C=O) groups excluding carboxylic acids is 1. The molecular weight excluding hydrogens is 286 g/mol. The van der Waals surface area contributed by atoms with Gasteiger partial charge in [-0.05, 0) is 35.9 Å². The molecule has 0 radical (unpaired) electrons. The van der Waals surface area contributed by atoms with Crippen LogP contribution in [0.25, 0.3) is 0 Å². The summed E-state index contributed by atoms with van der Waals surface area (Å²) in [5.74, 6) is -0.988. The highest BCUT2D eigenvalue weighted by Gasteiger charge is 2.11. The number of ether oxygens (including phenoxy) is 1. The van der Waals surface area contributed by atoms with Crippen LogP contribution in [-0.2, 0) is 11.2 Å². The van der Waals surface area contributed by atoms with E-state index in [0.717, 1.165) is 5.56 Å². The SMILES string of the molecule is COc1ccc(CC(=O)Nc2cc(C(=O)O)ccc2O)cc1. The summed E-state index contributed by atoms with van der Waals surface area (Å²) in [5, 5.41) is 21.1. The number of phenolic OH excluding ortho intramolecular Hbond substituents is 1. The van der Waals surface area contributed by atoms with Crippen molar-refractivity contribution in [3.63, 3.8) is 0 Å². The minimum absolute atomic E-state index is 0.0162. The molecule has 0 fully saturated rings. The molecule has 2 aromatic carbocycles. The first kappa shape index (κ1) is 15.4. The van der Waals surface area contributed by atoms with Crippen molar-refractivity contribution in [1.82, 2.24) is 0 Å². The summed E-state index contributed by atoms with van der Waals surface area (Å²) in [6.07, 6.45) is 0.0979. The fraction of sp³-hybridized carbons (Fsp3) is 0.125. The Morgan fingerprint density at radius 1 is 1.14 bits per heavy atom. The van der Waals surface area contributed by atoms with E-state index < -0.39 is 5.97 Å². The Balaban J connectivity index is 2.08. The number of aromatic carboxylic acids is 1. The molecule has 0 heterocycles. The summed E-state index contributed by atoms with van der Waals surface area (Å²) in [7, 11) is 1.56. The maximum atomic E-state index is 12.0. The quantitative estimate of drug-likeness (QED) is 0.736. The summed E-state index contributed by atoms with van der Waals surface area (Å²) < 4.78 is 5.03. The lowest BCUT2D eigenvalue weighted by molar-refractivity contribution is -0.115. The zero-order chi connectivity index (χ0) is 16.1. The zero-order valence-corrected chi connectivity index (χ0v) is 11.9. The van der Waals surface area contributed by atoms with E-state index in [1.165, 1.54) is 18.2 Å². The number of phenols is 1. The minimum atomic E-state index is -1.13. The van der Waals surface area contributed by atoms with E-state index in [-0.39, 0.29) is 29.3 Å². The number of carboxylic acid groups (broad SMARTS) is 1. The van der Waals surface area contributed by atoms with Crippen molar-refractivity contribution in [1.29, 1.82) is 0 Å². The number of anilines is 1. The van der Waals surface area contributed by atoms with Crippen molar-refractivity contribution >= 4 is 17.6 Å². The molecule has 6 heteroatoms. The lowest BCUT2D eigenvalue weighted by atomic mass is 10.1. The van der Waals surface area contributed by atoms with Gasteiger partial charge in [0, 0.05) is 0 Å². The molecule has 0 aliphatic rings. The number of carboxylic acids is 1. The number of hydrogen-bond acceptors (Lipinski definition) is 4. The molecule has 0 unspecified atom stereocenters. The summed E-state index contributed by atoms with van der Waals surface area (Å²) in [4.78, 5) is 22.9. The van der Waals surface area contributed by atoms with Crippen LogP contribution in [0.4, 0.5) is 5.69 Å². The van der Waals surface area contributed by atoms with Crippen LogP contribution in [-0.4, -0.2) is 29.2 Å². The van der Waals surface area contributed by atoms with E-state index in [4.69, 9.17) is 9.84 Å². The number of rotatable bonds is 5. The van der Waals surface area contributed by atoms with Gasteiger partial charge in [0.25, 0.3) is 0 Å². The fourth-order valence-electron chi connectivity index (χ4n) is 1.89. The lowest BCUT2D eigenvalue weighted by Crippen LogP contribution is -2.15. The number of methoxy groups -OCH3 is 1. The number of hydrogen-bond donors (Lipinski definition) is 3. The molecule has 0 spiro atoms. The smallest absolute Gasteiger partial charge is 0.335 e. The van der Waals surface area contributed by atoms with E-state index in [0.29, 0.717) is 5.75 Å². The maximum Gasteiger partial charge on any atom is 0.335 e. The molecule has 0 bridgehead atoms. The summed E-state index contributed by atoms with van der Waals surface area (Å²) >= 11 is 0. The number of nitrogens with one attached hydrogen (secondary N) is 1. The highest BCUT2D eigenvalue weighted by Crippen LogP contribution is 2.24. The molecular formula is C16H15NO5. The first-order valence-corrected chi connectivity index (χ1v) is 6.48. The van der Waals surface area contributed by atoms with E-state index in [1.807, 2.05) is 0 Å². The Kier molecular flexibility index (Phi) is 4.63. The van der Waals surface area contributed by atoms with E-state index >= 15 is 0 Å². The van der Waals surface area contributed by atoms with Crippen LogP contribution in [0.2, 0.25) is 0 Å². The number of carbonyl (C=O) groups is 2. The van der Waals surface area contributed by atoms with Crippen LogP contribution in [0.5, 0.6) is 11.5 Å². The van der Waals surface area contributed by atoms with Gasteiger partial charge in [0.05, 0.1) is 24.8 Å². The molecule has 1 amide bonds. The molecule has 114 valence electrons. The Morgan fingerprint density at radius 2 is 1.82 bits per heavy atom. The summed E-state index contributed by atoms with van der Waals surface area (Å²) in [6.45, 7) is 0. The second kappa shape index (κ2) is 6.62. The van der Waals surface area contributed by atoms with Crippen LogP contribution in [0.1, 0.15) is 15.9 Å². The fourth-order valence-corrected chi connectivity index (χ4v) is 1.89. The van der Waals surface area contributed by atoms with Gasteiger partial charge >= 0.3 is 5.97 Å². The van der Waals surface area contributed by atoms with Crippen LogP contribution in [0.3, 0.4) is 0 Å². The molecule has 0 saturated heterocycles. The van der Waals surface area contributed by atoms with Crippen molar-refractivity contribution < 1.29 is 24.5 Å². The van der Waals surface area contributed by atoms with Gasteiger partial charge in [-0.2, -0.15) is 0 Å². The van der Waals surface area contributed by atoms with E-state index in [1.54, 1.807) is 31.4 Å². The van der Waals surface area contributed by atoms with Crippen molar-refractivity contribution in [3.05, 3.63) is 53.6 Å². The molecule has 22 heavy (non-hydrogen) atoms. The van der Waals surface area contributed by atoms with Gasteiger partial charge in [-0.25, -0.2) is 4.79 Å². The second-order valence-corrected chi connectivity index (χ2v) is 4.61. The standard InChI is InChI=1S/C16H15NO5/c1-22-12-5-2-10(3-6-12)8-15(19)17-13-9-11(16(20)21)4-7-14(13)18/h2-7,9,18H,8H2,1H3,(H,17,19)(H,20,21). The number of amides is 1. The van der Waals surface area contributed by atoms with Gasteiger partial charge in [-0.3, -0.25) is 4.79 Å². The Hall–Kier alpha value is -3.02. The number of aromatic hydroxyl groups is 1. The molecule has 2 aromatic rings. The average Bonchev–Trinajstić information content (AvgIpc) is 2.50. The second-order valence-electron chi connectivity index (χ2n) is 4.61. The highest BCUT2D eigenvalue weighted by molar-refractivity contribution is 5.96. The average molecular weight is 301 g/mol. The van der Waals surface area contributed by atoms with Crippen molar-refractivity contribution in [2.75, 3.05) is 12.4 Å². The Bertz CT molecular complexity index is 694. The monoisotopic (exact) mass is 301 g/mol. The molecule has 3 N–H and O–H groups in total. The molecule has 0 atom stereocenters. The third-order valence-corrected chi connectivity index (χ3v) is 3.04. The summed E-state index contributed by atoms with van der Waals surface area (Å²) in [6, 6.07) is 10.7. The first-order chi connectivity index (χ1) is 10.5. The molecule has 0 aliphatic heterocycles. The Labute approximate surface area is 127 Å². The van der Waals surface area contributed by atoms with Crippen LogP contribution < -0.4 is 10.1 Å².